The second-order valence-corrected chi connectivity index (χ2v) is 7.92. The van der Waals surface area contributed by atoms with Crippen molar-refractivity contribution in [3.05, 3.63) is 93.3 Å². The van der Waals surface area contributed by atoms with E-state index >= 15 is 0 Å². The van der Waals surface area contributed by atoms with Gasteiger partial charge in [-0.3, -0.25) is 9.59 Å². The minimum absolute atomic E-state index is 0.211. The maximum atomic E-state index is 13.1. The highest BCUT2D eigenvalue weighted by atomic mass is 35.5. The number of hydrogen-bond acceptors (Lipinski definition) is 5. The van der Waals surface area contributed by atoms with Crippen LogP contribution in [0.1, 0.15) is 31.2 Å². The maximum absolute atomic E-state index is 13.1. The first-order chi connectivity index (χ1) is 14.5. The molecule has 3 N–H and O–H groups in total. The monoisotopic (exact) mass is 431 g/mol. The van der Waals surface area contributed by atoms with E-state index in [0.29, 0.717) is 21.0 Å². The Morgan fingerprint density at radius 2 is 1.80 bits per heavy atom. The second-order valence-electron chi connectivity index (χ2n) is 6.49. The van der Waals surface area contributed by atoms with Crippen LogP contribution in [0.15, 0.2) is 66.7 Å². The van der Waals surface area contributed by atoms with E-state index in [4.69, 9.17) is 22.6 Å². The Hall–Kier alpha value is -3.66. The summed E-state index contributed by atoms with van der Waals surface area (Å²) in [6.45, 7) is 0. The molecule has 0 radical (unpaired) electrons. The number of para-hydroxylation sites is 1. The minimum Gasteiger partial charge on any atom is -0.397 e. The first kappa shape index (κ1) is 19.6. The molecule has 0 spiro atoms. The van der Waals surface area contributed by atoms with Crippen LogP contribution in [0.2, 0.25) is 5.02 Å². The summed E-state index contributed by atoms with van der Waals surface area (Å²) in [5, 5.41) is 13.0. The predicted octanol–water partition coefficient (Wildman–Crippen LogP) is 5.49. The molecular weight excluding hydrogens is 418 g/mol. The van der Waals surface area contributed by atoms with Crippen molar-refractivity contribution in [1.29, 1.82) is 5.26 Å². The molecule has 3 aromatic carbocycles. The van der Waals surface area contributed by atoms with E-state index < -0.39 is 5.91 Å². The molecule has 0 aliphatic heterocycles. The number of nitrogens with zero attached hydrogens (tertiary/aromatic N) is 1. The fourth-order valence-corrected chi connectivity index (χ4v) is 4.53. The van der Waals surface area contributed by atoms with E-state index in [2.05, 4.69) is 5.32 Å². The number of fused-ring (bicyclic) bond motifs is 1. The van der Waals surface area contributed by atoms with E-state index in [1.807, 2.05) is 30.3 Å². The molecule has 7 heteroatoms. The average molecular weight is 432 g/mol. The van der Waals surface area contributed by atoms with E-state index in [9.17, 15) is 9.59 Å². The number of nitrogen functional groups attached to an aromatic ring is 1. The highest BCUT2D eigenvalue weighted by Gasteiger charge is 2.22. The first-order valence-corrected chi connectivity index (χ1v) is 10.1. The highest BCUT2D eigenvalue weighted by Crippen LogP contribution is 2.36. The van der Waals surface area contributed by atoms with Gasteiger partial charge in [-0.15, -0.1) is 11.3 Å². The molecule has 30 heavy (non-hydrogen) atoms. The van der Waals surface area contributed by atoms with Crippen molar-refractivity contribution < 1.29 is 9.59 Å². The van der Waals surface area contributed by atoms with Gasteiger partial charge >= 0.3 is 0 Å². The quantitative estimate of drug-likeness (QED) is 0.329. The molecular formula is C23H14ClN3O2S. The molecule has 0 saturated heterocycles. The lowest BCUT2D eigenvalue weighted by Crippen LogP contribution is -2.16. The highest BCUT2D eigenvalue weighted by molar-refractivity contribution is 7.21. The number of anilines is 2. The number of nitriles is 1. The Balaban J connectivity index is 1.73. The average Bonchev–Trinajstić information content (AvgIpc) is 3.11. The van der Waals surface area contributed by atoms with E-state index in [1.54, 1.807) is 36.4 Å². The number of thiophene rings is 1. The van der Waals surface area contributed by atoms with Gasteiger partial charge in [0.15, 0.2) is 5.78 Å². The van der Waals surface area contributed by atoms with Crippen molar-refractivity contribution in [1.82, 2.24) is 0 Å². The number of ketones is 1. The molecule has 0 unspecified atom stereocenters. The molecule has 0 aliphatic carbocycles. The third kappa shape index (κ3) is 3.52. The molecule has 0 fully saturated rings. The first-order valence-electron chi connectivity index (χ1n) is 8.91. The number of hydrogen-bond donors (Lipinski definition) is 2. The lowest BCUT2D eigenvalue weighted by molar-refractivity contribution is 0.103. The Labute approximate surface area is 181 Å². The van der Waals surface area contributed by atoms with Gasteiger partial charge in [0.1, 0.15) is 4.88 Å². The zero-order chi connectivity index (χ0) is 21.3. The van der Waals surface area contributed by atoms with Crippen LogP contribution in [0.4, 0.5) is 11.4 Å². The molecule has 1 heterocycles. The van der Waals surface area contributed by atoms with Gasteiger partial charge in [0, 0.05) is 21.2 Å². The van der Waals surface area contributed by atoms with Crippen LogP contribution < -0.4 is 11.1 Å². The second kappa shape index (κ2) is 7.99. The summed E-state index contributed by atoms with van der Waals surface area (Å²) in [4.78, 5) is 26.4. The molecule has 1 amide bonds. The van der Waals surface area contributed by atoms with Gasteiger partial charge < -0.3 is 11.1 Å². The van der Waals surface area contributed by atoms with Crippen LogP contribution in [0.25, 0.3) is 10.1 Å². The zero-order valence-corrected chi connectivity index (χ0v) is 17.1. The Kier molecular flexibility index (Phi) is 5.23. The van der Waals surface area contributed by atoms with Gasteiger partial charge in [0.2, 0.25) is 0 Å². The number of halogens is 1. The summed E-state index contributed by atoms with van der Waals surface area (Å²) in [6, 6.07) is 20.6. The Morgan fingerprint density at radius 3 is 2.57 bits per heavy atom. The molecule has 4 rings (SSSR count). The van der Waals surface area contributed by atoms with Crippen molar-refractivity contribution in [2.75, 3.05) is 11.1 Å². The fourth-order valence-electron chi connectivity index (χ4n) is 3.11. The van der Waals surface area contributed by atoms with Crippen LogP contribution in [0.3, 0.4) is 0 Å². The lowest BCUT2D eigenvalue weighted by Gasteiger charge is -2.13. The van der Waals surface area contributed by atoms with Gasteiger partial charge in [0.05, 0.1) is 28.0 Å². The van der Waals surface area contributed by atoms with Crippen molar-refractivity contribution >= 4 is 56.1 Å². The van der Waals surface area contributed by atoms with Crippen molar-refractivity contribution in [3.8, 4) is 6.07 Å². The summed E-state index contributed by atoms with van der Waals surface area (Å²) in [6.07, 6.45) is 0. The Bertz CT molecular complexity index is 1350. The lowest BCUT2D eigenvalue weighted by atomic mass is 9.99. The molecule has 0 atom stereocenters. The number of carbonyl (C=O) groups is 2. The largest absolute Gasteiger partial charge is 0.397 e. The zero-order valence-electron chi connectivity index (χ0n) is 15.5. The van der Waals surface area contributed by atoms with Crippen molar-refractivity contribution in [2.45, 2.75) is 0 Å². The van der Waals surface area contributed by atoms with Gasteiger partial charge in [-0.2, -0.15) is 5.26 Å². The Morgan fingerprint density at radius 1 is 1.03 bits per heavy atom. The van der Waals surface area contributed by atoms with Crippen LogP contribution in [0.5, 0.6) is 0 Å². The van der Waals surface area contributed by atoms with Crippen molar-refractivity contribution in [2.24, 2.45) is 0 Å². The van der Waals surface area contributed by atoms with Gasteiger partial charge in [-0.25, -0.2) is 0 Å². The summed E-state index contributed by atoms with van der Waals surface area (Å²) in [5.74, 6) is -0.795. The van der Waals surface area contributed by atoms with Crippen LogP contribution >= 0.6 is 22.9 Å². The summed E-state index contributed by atoms with van der Waals surface area (Å²) in [7, 11) is 0. The molecule has 0 aliphatic rings. The number of benzene rings is 3. The van der Waals surface area contributed by atoms with E-state index in [-0.39, 0.29) is 22.7 Å². The molecule has 4 aromatic rings. The van der Waals surface area contributed by atoms with Crippen molar-refractivity contribution in [3.63, 3.8) is 0 Å². The number of nitrogens with one attached hydrogen (secondary N) is 1. The van der Waals surface area contributed by atoms with E-state index in [0.717, 1.165) is 10.1 Å². The van der Waals surface area contributed by atoms with Gasteiger partial charge in [-0.05, 0) is 30.3 Å². The summed E-state index contributed by atoms with van der Waals surface area (Å²) < 4.78 is 0.887. The number of amides is 1. The minimum atomic E-state index is -0.445. The third-order valence-corrected chi connectivity index (χ3v) is 6.25. The predicted molar refractivity (Wildman–Crippen MR) is 120 cm³/mol. The van der Waals surface area contributed by atoms with Crippen LogP contribution in [0, 0.1) is 11.3 Å². The smallest absolute Gasteiger partial charge is 0.267 e. The normalized spacial score (nSPS) is 10.5. The van der Waals surface area contributed by atoms with Crippen LogP contribution in [-0.4, -0.2) is 11.7 Å². The summed E-state index contributed by atoms with van der Waals surface area (Å²) in [5.41, 5.74) is 7.48. The number of rotatable bonds is 4. The van der Waals surface area contributed by atoms with Crippen LogP contribution in [-0.2, 0) is 0 Å². The third-order valence-electron chi connectivity index (χ3n) is 4.57. The number of nitrogens with two attached hydrogens (primary N) is 1. The van der Waals surface area contributed by atoms with E-state index in [1.165, 1.54) is 17.4 Å². The molecule has 1 aromatic heterocycles. The fraction of sp³-hybridized carbons (Fsp3) is 0. The molecule has 5 nitrogen and oxygen atoms in total. The van der Waals surface area contributed by atoms with Gasteiger partial charge in [0.25, 0.3) is 5.91 Å². The topological polar surface area (TPSA) is 96.0 Å². The number of carbonyl (C=O) groups excluding carboxylic acids is 2. The molecule has 0 bridgehead atoms. The SMILES string of the molecule is N#Cc1cccc(C(=O)c2cccc(N)c2NC(=O)c2sc3ccccc3c2Cl)c1. The summed E-state index contributed by atoms with van der Waals surface area (Å²) >= 11 is 7.68. The molecule has 0 saturated carbocycles. The standard InChI is InChI=1S/C23H14ClN3O2S/c24-19-15-7-1-2-10-18(15)30-22(19)23(29)27-20-16(8-4-9-17(20)26)21(28)14-6-3-5-13(11-14)12-25/h1-11H,26H2,(H,27,29). The maximum Gasteiger partial charge on any atom is 0.267 e. The molecule has 146 valence electrons. The van der Waals surface area contributed by atoms with Gasteiger partial charge in [-0.1, -0.05) is 48.0 Å².